The summed E-state index contributed by atoms with van der Waals surface area (Å²) in [7, 11) is 0. The van der Waals surface area contributed by atoms with Gasteiger partial charge in [-0.1, -0.05) is 17.8 Å². The maximum atomic E-state index is 12.6. The van der Waals surface area contributed by atoms with Crippen LogP contribution in [-0.4, -0.2) is 22.2 Å². The zero-order valence-electron chi connectivity index (χ0n) is 10.5. The van der Waals surface area contributed by atoms with E-state index in [1.807, 2.05) is 0 Å². The highest BCUT2D eigenvalue weighted by atomic mass is 32.2. The molecule has 1 aromatic carbocycles. The van der Waals surface area contributed by atoms with Crippen molar-refractivity contribution in [3.05, 3.63) is 29.8 Å². The van der Waals surface area contributed by atoms with Crippen LogP contribution in [0.1, 0.15) is 12.0 Å². The number of amidine groups is 1. The Kier molecular flexibility index (Phi) is 4.21. The molecule has 0 aromatic heterocycles. The van der Waals surface area contributed by atoms with Crippen LogP contribution in [0.2, 0.25) is 0 Å². The first-order valence-electron chi connectivity index (χ1n) is 5.77. The van der Waals surface area contributed by atoms with Crippen molar-refractivity contribution in [3.63, 3.8) is 0 Å². The number of halogens is 3. The van der Waals surface area contributed by atoms with Crippen molar-refractivity contribution in [1.29, 1.82) is 0 Å². The van der Waals surface area contributed by atoms with E-state index in [1.54, 1.807) is 0 Å². The number of anilines is 1. The van der Waals surface area contributed by atoms with Crippen molar-refractivity contribution in [2.75, 3.05) is 5.32 Å². The molecule has 2 rings (SSSR count). The van der Waals surface area contributed by atoms with E-state index in [-0.39, 0.29) is 17.3 Å². The van der Waals surface area contributed by atoms with Gasteiger partial charge in [0.05, 0.1) is 12.0 Å². The third kappa shape index (κ3) is 3.97. The summed E-state index contributed by atoms with van der Waals surface area (Å²) < 4.78 is 37.7. The summed E-state index contributed by atoms with van der Waals surface area (Å²) in [5.41, 5.74) is 4.53. The minimum absolute atomic E-state index is 0.00366. The zero-order chi connectivity index (χ0) is 15.6. The molecule has 0 aliphatic carbocycles. The molecule has 3 N–H and O–H groups in total. The lowest BCUT2D eigenvalue weighted by Gasteiger charge is -2.18. The van der Waals surface area contributed by atoms with Gasteiger partial charge in [0.25, 0.3) is 0 Å². The standard InChI is InChI=1S/C12H10F3N3O2S/c13-12(14,15)6-2-1-3-7(4-6)17-10(20)8-5-9(19)18-11(16)21-8/h1-4,8H,5H2,(H,17,20)(H2,16,18,19). The normalized spacial score (nSPS) is 19.1. The van der Waals surface area contributed by atoms with Gasteiger partial charge in [-0.05, 0) is 18.2 Å². The Bertz CT molecular complexity index is 616. The largest absolute Gasteiger partial charge is 0.416 e. The highest BCUT2D eigenvalue weighted by Crippen LogP contribution is 2.31. The van der Waals surface area contributed by atoms with E-state index in [2.05, 4.69) is 10.3 Å². The fourth-order valence-corrected chi connectivity index (χ4v) is 2.52. The van der Waals surface area contributed by atoms with Gasteiger partial charge >= 0.3 is 6.18 Å². The number of nitrogens with two attached hydrogens (primary N) is 1. The van der Waals surface area contributed by atoms with Crippen LogP contribution in [0, 0.1) is 0 Å². The second-order valence-corrected chi connectivity index (χ2v) is 5.45. The molecule has 0 spiro atoms. The number of thioether (sulfide) groups is 1. The first kappa shape index (κ1) is 15.4. The van der Waals surface area contributed by atoms with Gasteiger partial charge in [-0.3, -0.25) is 9.59 Å². The van der Waals surface area contributed by atoms with Crippen LogP contribution in [-0.2, 0) is 15.8 Å². The maximum absolute atomic E-state index is 12.6. The summed E-state index contributed by atoms with van der Waals surface area (Å²) >= 11 is 0.900. The van der Waals surface area contributed by atoms with E-state index >= 15 is 0 Å². The Morgan fingerprint density at radius 2 is 2.14 bits per heavy atom. The summed E-state index contributed by atoms with van der Waals surface area (Å²) in [5.74, 6) is -1.12. The van der Waals surface area contributed by atoms with E-state index in [4.69, 9.17) is 5.73 Å². The minimum Gasteiger partial charge on any atom is -0.378 e. The Morgan fingerprint density at radius 3 is 2.76 bits per heavy atom. The molecule has 1 aliphatic heterocycles. The van der Waals surface area contributed by atoms with Crippen LogP contribution in [0.15, 0.2) is 29.3 Å². The van der Waals surface area contributed by atoms with Gasteiger partial charge in [0.1, 0.15) is 5.25 Å². The molecule has 0 fully saturated rings. The van der Waals surface area contributed by atoms with E-state index in [0.29, 0.717) is 0 Å². The van der Waals surface area contributed by atoms with Gasteiger partial charge < -0.3 is 11.1 Å². The van der Waals surface area contributed by atoms with Crippen LogP contribution in [0.25, 0.3) is 0 Å². The number of hydrogen-bond donors (Lipinski definition) is 2. The number of benzene rings is 1. The summed E-state index contributed by atoms with van der Waals surface area (Å²) in [6.45, 7) is 0. The number of nitrogens with zero attached hydrogens (tertiary/aromatic N) is 1. The molecule has 0 bridgehead atoms. The van der Waals surface area contributed by atoms with Gasteiger partial charge in [-0.15, -0.1) is 0 Å². The molecule has 0 saturated carbocycles. The second-order valence-electron chi connectivity index (χ2n) is 4.22. The van der Waals surface area contributed by atoms with Crippen molar-refractivity contribution in [2.45, 2.75) is 17.8 Å². The average Bonchev–Trinajstić information content (AvgIpc) is 2.37. The predicted molar refractivity (Wildman–Crippen MR) is 72.7 cm³/mol. The molecule has 1 aliphatic rings. The van der Waals surface area contributed by atoms with Crippen molar-refractivity contribution >= 4 is 34.4 Å². The number of aliphatic imine (C=N–C) groups is 1. The predicted octanol–water partition coefficient (Wildman–Crippen LogP) is 1.99. The van der Waals surface area contributed by atoms with Gasteiger partial charge in [-0.25, -0.2) is 0 Å². The smallest absolute Gasteiger partial charge is 0.378 e. The molecule has 9 heteroatoms. The topological polar surface area (TPSA) is 84.5 Å². The maximum Gasteiger partial charge on any atom is 0.416 e. The number of nitrogens with one attached hydrogen (secondary N) is 1. The number of hydrogen-bond acceptors (Lipinski definition) is 4. The van der Waals surface area contributed by atoms with Crippen LogP contribution >= 0.6 is 11.8 Å². The number of rotatable bonds is 2. The molecule has 21 heavy (non-hydrogen) atoms. The van der Waals surface area contributed by atoms with E-state index in [0.717, 1.165) is 23.9 Å². The van der Waals surface area contributed by atoms with E-state index < -0.39 is 28.8 Å². The lowest BCUT2D eigenvalue weighted by molar-refractivity contribution is -0.137. The summed E-state index contributed by atoms with van der Waals surface area (Å²) in [6.07, 6.45) is -4.64. The monoisotopic (exact) mass is 317 g/mol. The number of carbonyl (C=O) groups is 2. The lowest BCUT2D eigenvalue weighted by Crippen LogP contribution is -2.33. The number of amides is 2. The molecule has 0 saturated heterocycles. The molecular formula is C12H10F3N3O2S. The number of alkyl halides is 3. The van der Waals surface area contributed by atoms with E-state index in [9.17, 15) is 22.8 Å². The van der Waals surface area contributed by atoms with Gasteiger partial charge in [0.2, 0.25) is 11.8 Å². The van der Waals surface area contributed by atoms with Crippen molar-refractivity contribution in [2.24, 2.45) is 10.7 Å². The zero-order valence-corrected chi connectivity index (χ0v) is 11.3. The van der Waals surface area contributed by atoms with Crippen molar-refractivity contribution in [3.8, 4) is 0 Å². The molecular weight excluding hydrogens is 307 g/mol. The van der Waals surface area contributed by atoms with Crippen molar-refractivity contribution < 1.29 is 22.8 Å². The quantitative estimate of drug-likeness (QED) is 0.873. The third-order valence-corrected chi connectivity index (χ3v) is 3.61. The molecule has 1 aromatic rings. The van der Waals surface area contributed by atoms with Crippen LogP contribution in [0.4, 0.5) is 18.9 Å². The lowest BCUT2D eigenvalue weighted by atomic mass is 10.2. The summed E-state index contributed by atoms with van der Waals surface area (Å²) in [5, 5.41) is 1.51. The summed E-state index contributed by atoms with van der Waals surface area (Å²) in [4.78, 5) is 26.6. The number of carbonyl (C=O) groups excluding carboxylic acids is 2. The summed E-state index contributed by atoms with van der Waals surface area (Å²) in [6, 6.07) is 4.25. The SMILES string of the molecule is NC1=NC(=O)CC(C(=O)Nc2cccc(C(F)(F)F)c2)S1. The van der Waals surface area contributed by atoms with Crippen LogP contribution < -0.4 is 11.1 Å². The van der Waals surface area contributed by atoms with Crippen LogP contribution in [0.3, 0.4) is 0 Å². The van der Waals surface area contributed by atoms with E-state index in [1.165, 1.54) is 12.1 Å². The molecule has 1 heterocycles. The average molecular weight is 317 g/mol. The van der Waals surface area contributed by atoms with Crippen molar-refractivity contribution in [1.82, 2.24) is 0 Å². The van der Waals surface area contributed by atoms with Crippen LogP contribution in [0.5, 0.6) is 0 Å². The second kappa shape index (κ2) is 5.76. The molecule has 112 valence electrons. The fourth-order valence-electron chi connectivity index (χ4n) is 1.68. The Labute approximate surface area is 121 Å². The molecule has 5 nitrogen and oxygen atoms in total. The first-order valence-corrected chi connectivity index (χ1v) is 6.65. The highest BCUT2D eigenvalue weighted by Gasteiger charge is 2.31. The minimum atomic E-state index is -4.49. The highest BCUT2D eigenvalue weighted by molar-refractivity contribution is 8.15. The molecule has 0 radical (unpaired) electrons. The Hall–Kier alpha value is -2.03. The van der Waals surface area contributed by atoms with Gasteiger partial charge in [-0.2, -0.15) is 18.2 Å². The molecule has 1 unspecified atom stereocenters. The van der Waals surface area contributed by atoms with Gasteiger partial charge in [0, 0.05) is 5.69 Å². The third-order valence-electron chi connectivity index (χ3n) is 2.61. The Balaban J connectivity index is 2.10. The fraction of sp³-hybridized carbons (Fsp3) is 0.250. The Morgan fingerprint density at radius 1 is 1.43 bits per heavy atom. The molecule has 1 atom stereocenters. The van der Waals surface area contributed by atoms with Gasteiger partial charge in [0.15, 0.2) is 5.17 Å². The molecule has 2 amide bonds. The first-order chi connectivity index (χ1) is 9.75.